The molecule has 2 N–H and O–H groups in total. The smallest absolute Gasteiger partial charge is 0.281 e. The fraction of sp³-hybridized carbons (Fsp3) is 0.100. The zero-order chi connectivity index (χ0) is 17.7. The van der Waals surface area contributed by atoms with E-state index in [-0.39, 0.29) is 0 Å². The van der Waals surface area contributed by atoms with Gasteiger partial charge in [0.2, 0.25) is 0 Å². The van der Waals surface area contributed by atoms with Crippen LogP contribution in [0.5, 0.6) is 0 Å². The Labute approximate surface area is 150 Å². The van der Waals surface area contributed by atoms with Crippen LogP contribution in [0.25, 0.3) is 0 Å². The molecule has 0 saturated heterocycles. The number of benzene rings is 2. The lowest BCUT2D eigenvalue weighted by atomic mass is 9.85. The van der Waals surface area contributed by atoms with E-state index in [0.717, 1.165) is 9.75 Å². The van der Waals surface area contributed by atoms with E-state index in [4.69, 9.17) is 0 Å². The average molecular weight is 350 g/mol. The van der Waals surface area contributed by atoms with Crippen LogP contribution in [0.3, 0.4) is 0 Å². The number of aliphatic hydroxyl groups is 1. The van der Waals surface area contributed by atoms with Gasteiger partial charge in [0.25, 0.3) is 5.91 Å². The van der Waals surface area contributed by atoms with Gasteiger partial charge in [-0.15, -0.1) is 11.3 Å². The molecule has 0 fully saturated rings. The number of carbonyl (C=O) groups is 1. The maximum Gasteiger partial charge on any atom is 0.281 e. The van der Waals surface area contributed by atoms with Gasteiger partial charge in [-0.25, -0.2) is 5.43 Å². The summed E-state index contributed by atoms with van der Waals surface area (Å²) >= 11 is 1.58. The summed E-state index contributed by atoms with van der Waals surface area (Å²) in [6, 6.07) is 21.6. The van der Waals surface area contributed by atoms with Crippen LogP contribution in [0, 0.1) is 6.92 Å². The van der Waals surface area contributed by atoms with Gasteiger partial charge in [0.1, 0.15) is 0 Å². The van der Waals surface area contributed by atoms with Crippen LogP contribution in [0.15, 0.2) is 77.9 Å². The number of amides is 1. The fourth-order valence-corrected chi connectivity index (χ4v) is 3.30. The molecule has 1 aromatic heterocycles. The summed E-state index contributed by atoms with van der Waals surface area (Å²) < 4.78 is 0. The molecule has 126 valence electrons. The predicted molar refractivity (Wildman–Crippen MR) is 101 cm³/mol. The molecule has 5 heteroatoms. The number of nitrogens with one attached hydrogen (secondary N) is 1. The van der Waals surface area contributed by atoms with Crippen molar-refractivity contribution in [3.8, 4) is 0 Å². The Morgan fingerprint density at radius 3 is 2.04 bits per heavy atom. The zero-order valence-electron chi connectivity index (χ0n) is 13.7. The second-order valence-corrected chi connectivity index (χ2v) is 6.91. The summed E-state index contributed by atoms with van der Waals surface area (Å²) in [4.78, 5) is 14.9. The third kappa shape index (κ3) is 3.68. The Kier molecular flexibility index (Phi) is 5.07. The molecule has 0 spiro atoms. The van der Waals surface area contributed by atoms with Crippen LogP contribution in [-0.2, 0) is 10.4 Å². The van der Waals surface area contributed by atoms with Crippen LogP contribution < -0.4 is 5.43 Å². The van der Waals surface area contributed by atoms with Gasteiger partial charge in [-0.05, 0) is 30.2 Å². The summed E-state index contributed by atoms with van der Waals surface area (Å²) in [7, 11) is 0. The van der Waals surface area contributed by atoms with Gasteiger partial charge in [0.15, 0.2) is 5.60 Å². The van der Waals surface area contributed by atoms with Crippen molar-refractivity contribution in [3.63, 3.8) is 0 Å². The molecule has 0 aliphatic carbocycles. The van der Waals surface area contributed by atoms with Gasteiger partial charge in [0.05, 0.1) is 6.21 Å². The summed E-state index contributed by atoms with van der Waals surface area (Å²) in [5, 5.41) is 15.2. The normalized spacial score (nSPS) is 11.6. The zero-order valence-corrected chi connectivity index (χ0v) is 14.5. The first-order valence-corrected chi connectivity index (χ1v) is 8.66. The monoisotopic (exact) mass is 350 g/mol. The Bertz CT molecular complexity index is 833. The van der Waals surface area contributed by atoms with Gasteiger partial charge in [-0.2, -0.15) is 5.10 Å². The molecule has 0 radical (unpaired) electrons. The second-order valence-electron chi connectivity index (χ2n) is 5.59. The molecule has 0 atom stereocenters. The van der Waals surface area contributed by atoms with E-state index in [9.17, 15) is 9.90 Å². The largest absolute Gasteiger partial charge is 0.372 e. The Morgan fingerprint density at radius 2 is 1.56 bits per heavy atom. The quantitative estimate of drug-likeness (QED) is 0.547. The van der Waals surface area contributed by atoms with E-state index >= 15 is 0 Å². The van der Waals surface area contributed by atoms with Crippen molar-refractivity contribution in [3.05, 3.63) is 93.7 Å². The lowest BCUT2D eigenvalue weighted by Crippen LogP contribution is -2.43. The first kappa shape index (κ1) is 17.1. The molecule has 0 aliphatic heterocycles. The molecular formula is C20H18N2O2S. The maximum absolute atomic E-state index is 12.8. The fourth-order valence-electron chi connectivity index (χ4n) is 2.55. The molecule has 0 aliphatic rings. The van der Waals surface area contributed by atoms with E-state index in [0.29, 0.717) is 11.1 Å². The van der Waals surface area contributed by atoms with Crippen molar-refractivity contribution in [2.45, 2.75) is 12.5 Å². The van der Waals surface area contributed by atoms with Crippen molar-refractivity contribution in [2.75, 3.05) is 0 Å². The van der Waals surface area contributed by atoms with Crippen LogP contribution >= 0.6 is 11.3 Å². The molecule has 0 unspecified atom stereocenters. The van der Waals surface area contributed by atoms with Crippen molar-refractivity contribution in [1.82, 2.24) is 5.43 Å². The minimum Gasteiger partial charge on any atom is -0.372 e. The number of hydrazone groups is 1. The summed E-state index contributed by atoms with van der Waals surface area (Å²) in [6.07, 6.45) is 1.58. The van der Waals surface area contributed by atoms with Gasteiger partial charge >= 0.3 is 0 Å². The Hall–Kier alpha value is -2.76. The van der Waals surface area contributed by atoms with E-state index < -0.39 is 11.5 Å². The topological polar surface area (TPSA) is 61.7 Å². The lowest BCUT2D eigenvalue weighted by Gasteiger charge is -2.26. The number of aryl methyl sites for hydroxylation is 1. The summed E-state index contributed by atoms with van der Waals surface area (Å²) in [5.41, 5.74) is 1.62. The predicted octanol–water partition coefficient (Wildman–Crippen LogP) is 3.44. The third-order valence-corrected chi connectivity index (χ3v) is 4.77. The van der Waals surface area contributed by atoms with E-state index in [1.807, 2.05) is 31.2 Å². The molecule has 3 rings (SSSR count). The van der Waals surface area contributed by atoms with Gasteiger partial charge in [-0.3, -0.25) is 4.79 Å². The molecule has 0 bridgehead atoms. The number of hydrogen-bond donors (Lipinski definition) is 2. The first-order chi connectivity index (χ1) is 12.1. The van der Waals surface area contributed by atoms with Crippen molar-refractivity contribution in [1.29, 1.82) is 0 Å². The number of rotatable bonds is 5. The highest BCUT2D eigenvalue weighted by Crippen LogP contribution is 2.29. The van der Waals surface area contributed by atoms with Gasteiger partial charge < -0.3 is 5.11 Å². The van der Waals surface area contributed by atoms with Crippen molar-refractivity contribution < 1.29 is 9.90 Å². The SMILES string of the molecule is Cc1ccc(C=NNC(=O)C(O)(c2ccccc2)c2ccccc2)s1. The van der Waals surface area contributed by atoms with Crippen LogP contribution in [-0.4, -0.2) is 17.2 Å². The Balaban J connectivity index is 1.89. The molecule has 4 nitrogen and oxygen atoms in total. The number of thiophene rings is 1. The summed E-state index contributed by atoms with van der Waals surface area (Å²) in [6.45, 7) is 2.00. The lowest BCUT2D eigenvalue weighted by molar-refractivity contribution is -0.136. The molecule has 1 amide bonds. The minimum atomic E-state index is -1.81. The standard InChI is InChI=1S/C20H18N2O2S/c1-15-12-13-18(25-15)14-21-22-19(23)20(24,16-8-4-2-5-9-16)17-10-6-3-7-11-17/h2-14,24H,1H3,(H,22,23). The number of nitrogens with zero attached hydrogens (tertiary/aromatic N) is 1. The third-order valence-electron chi connectivity index (χ3n) is 3.83. The first-order valence-electron chi connectivity index (χ1n) is 7.84. The van der Waals surface area contributed by atoms with E-state index in [1.165, 1.54) is 0 Å². The highest BCUT2D eigenvalue weighted by Gasteiger charge is 2.39. The highest BCUT2D eigenvalue weighted by atomic mass is 32.1. The molecular weight excluding hydrogens is 332 g/mol. The highest BCUT2D eigenvalue weighted by molar-refractivity contribution is 7.13. The van der Waals surface area contributed by atoms with Gasteiger partial charge in [-0.1, -0.05) is 60.7 Å². The van der Waals surface area contributed by atoms with Crippen LogP contribution in [0.2, 0.25) is 0 Å². The maximum atomic E-state index is 12.8. The second kappa shape index (κ2) is 7.42. The molecule has 1 heterocycles. The van der Waals surface area contributed by atoms with Crippen molar-refractivity contribution >= 4 is 23.5 Å². The van der Waals surface area contributed by atoms with E-state index in [1.54, 1.807) is 66.1 Å². The summed E-state index contributed by atoms with van der Waals surface area (Å²) in [5.74, 6) is -0.602. The molecule has 2 aromatic carbocycles. The molecule has 3 aromatic rings. The molecule has 0 saturated carbocycles. The van der Waals surface area contributed by atoms with Crippen molar-refractivity contribution in [2.24, 2.45) is 5.10 Å². The minimum absolute atomic E-state index is 0.487. The number of hydrogen-bond acceptors (Lipinski definition) is 4. The number of carbonyl (C=O) groups excluding carboxylic acids is 1. The van der Waals surface area contributed by atoms with E-state index in [2.05, 4.69) is 10.5 Å². The van der Waals surface area contributed by atoms with Crippen LogP contribution in [0.1, 0.15) is 20.9 Å². The Morgan fingerprint density at radius 1 is 1.00 bits per heavy atom. The van der Waals surface area contributed by atoms with Crippen LogP contribution in [0.4, 0.5) is 0 Å². The van der Waals surface area contributed by atoms with Gasteiger partial charge in [0, 0.05) is 9.75 Å². The average Bonchev–Trinajstić information content (AvgIpc) is 3.07. The molecule has 25 heavy (non-hydrogen) atoms.